The Hall–Kier alpha value is -3.83. The van der Waals surface area contributed by atoms with Crippen molar-refractivity contribution in [2.24, 2.45) is 0 Å². The Balaban J connectivity index is 1.85. The van der Waals surface area contributed by atoms with Crippen molar-refractivity contribution in [2.45, 2.75) is 6.92 Å². The zero-order chi connectivity index (χ0) is 21.7. The molecular formula is C22H19N3O4S. The first-order valence-corrected chi connectivity index (χ1v) is 9.73. The molecule has 152 valence electrons. The highest BCUT2D eigenvalue weighted by molar-refractivity contribution is 7.18. The van der Waals surface area contributed by atoms with Crippen LogP contribution in [-0.4, -0.2) is 26.0 Å². The Bertz CT molecular complexity index is 1130. The number of nitrogens with one attached hydrogen (secondary N) is 2. The fraction of sp³-hybridized carbons (Fsp3) is 0.136. The molecule has 0 atom stereocenters. The molecule has 2 aromatic carbocycles. The number of nitrogens with zero attached hydrogens (tertiary/aromatic N) is 1. The van der Waals surface area contributed by atoms with Crippen LogP contribution >= 0.6 is 11.3 Å². The normalized spacial score (nSPS) is 10.1. The van der Waals surface area contributed by atoms with Crippen LogP contribution in [0.1, 0.15) is 31.2 Å². The Morgan fingerprint density at radius 3 is 2.30 bits per heavy atom. The standard InChI is InChI=1S/C22H19N3O4S/c1-13-16(12-23)22(25-20(26)14-8-10-15(28-2)11-9-14)30-19(13)21(27)24-17-6-4-5-7-18(17)29-3/h4-11H,1-3H3,(H,24,27)(H,25,26). The van der Waals surface area contributed by atoms with Crippen LogP contribution in [0, 0.1) is 18.3 Å². The molecule has 0 saturated carbocycles. The van der Waals surface area contributed by atoms with Gasteiger partial charge >= 0.3 is 0 Å². The van der Waals surface area contributed by atoms with Crippen molar-refractivity contribution in [3.05, 3.63) is 70.1 Å². The van der Waals surface area contributed by atoms with Crippen molar-refractivity contribution >= 4 is 33.8 Å². The lowest BCUT2D eigenvalue weighted by atomic mass is 10.1. The summed E-state index contributed by atoms with van der Waals surface area (Å²) < 4.78 is 10.3. The van der Waals surface area contributed by atoms with Gasteiger partial charge in [-0.3, -0.25) is 9.59 Å². The van der Waals surface area contributed by atoms with Crippen LogP contribution in [0.4, 0.5) is 10.7 Å². The molecule has 0 aliphatic rings. The summed E-state index contributed by atoms with van der Waals surface area (Å²) in [5.74, 6) is 0.385. The van der Waals surface area contributed by atoms with Crippen LogP contribution < -0.4 is 20.1 Å². The Morgan fingerprint density at radius 2 is 1.67 bits per heavy atom. The van der Waals surface area contributed by atoms with E-state index in [4.69, 9.17) is 9.47 Å². The van der Waals surface area contributed by atoms with E-state index in [1.54, 1.807) is 62.6 Å². The number of hydrogen-bond donors (Lipinski definition) is 2. The Kier molecular flexibility index (Phi) is 6.35. The third kappa shape index (κ3) is 4.26. The van der Waals surface area contributed by atoms with Gasteiger partial charge in [0, 0.05) is 5.56 Å². The molecule has 0 spiro atoms. The molecule has 30 heavy (non-hydrogen) atoms. The van der Waals surface area contributed by atoms with Gasteiger partial charge in [0.15, 0.2) is 0 Å². The van der Waals surface area contributed by atoms with Crippen molar-refractivity contribution < 1.29 is 19.1 Å². The number of ether oxygens (including phenoxy) is 2. The number of methoxy groups -OCH3 is 2. The molecule has 0 saturated heterocycles. The minimum Gasteiger partial charge on any atom is -0.497 e. The first-order chi connectivity index (χ1) is 14.5. The number of benzene rings is 2. The fourth-order valence-corrected chi connectivity index (χ4v) is 3.84. The van der Waals surface area contributed by atoms with Gasteiger partial charge in [0.25, 0.3) is 11.8 Å². The molecule has 0 aliphatic heterocycles. The summed E-state index contributed by atoms with van der Waals surface area (Å²) in [5, 5.41) is 15.4. The van der Waals surface area contributed by atoms with Gasteiger partial charge in [-0.15, -0.1) is 11.3 Å². The number of hydrogen-bond acceptors (Lipinski definition) is 6. The smallest absolute Gasteiger partial charge is 0.266 e. The number of carbonyl (C=O) groups excluding carboxylic acids is 2. The summed E-state index contributed by atoms with van der Waals surface area (Å²) in [5.41, 5.74) is 1.68. The molecule has 1 aromatic heterocycles. The molecule has 0 unspecified atom stereocenters. The average Bonchev–Trinajstić information content (AvgIpc) is 3.09. The molecule has 0 fully saturated rings. The molecule has 0 radical (unpaired) electrons. The van der Waals surface area contributed by atoms with Crippen molar-refractivity contribution in [3.8, 4) is 17.6 Å². The Labute approximate surface area is 177 Å². The lowest BCUT2D eigenvalue weighted by molar-refractivity contribution is 0.102. The summed E-state index contributed by atoms with van der Waals surface area (Å²) in [6.07, 6.45) is 0. The molecule has 3 aromatic rings. The quantitative estimate of drug-likeness (QED) is 0.612. The summed E-state index contributed by atoms with van der Waals surface area (Å²) in [6, 6.07) is 15.7. The summed E-state index contributed by atoms with van der Waals surface area (Å²) in [7, 11) is 3.06. The Morgan fingerprint density at radius 1 is 0.967 bits per heavy atom. The number of anilines is 2. The molecular weight excluding hydrogens is 402 g/mol. The minimum absolute atomic E-state index is 0.257. The highest BCUT2D eigenvalue weighted by Gasteiger charge is 2.22. The zero-order valence-corrected chi connectivity index (χ0v) is 17.4. The molecule has 2 N–H and O–H groups in total. The SMILES string of the molecule is COc1ccc(C(=O)Nc2sc(C(=O)Nc3ccccc3OC)c(C)c2C#N)cc1. The average molecular weight is 421 g/mol. The predicted octanol–water partition coefficient (Wildman–Crippen LogP) is 4.45. The van der Waals surface area contributed by atoms with Crippen LogP contribution in [0.5, 0.6) is 11.5 Å². The largest absolute Gasteiger partial charge is 0.497 e. The molecule has 3 rings (SSSR count). The van der Waals surface area contributed by atoms with Gasteiger partial charge in [-0.05, 0) is 48.9 Å². The molecule has 2 amide bonds. The number of para-hydroxylation sites is 2. The van der Waals surface area contributed by atoms with Crippen LogP contribution in [-0.2, 0) is 0 Å². The predicted molar refractivity (Wildman–Crippen MR) is 116 cm³/mol. The molecule has 8 heteroatoms. The summed E-state index contributed by atoms with van der Waals surface area (Å²) in [4.78, 5) is 25.7. The van der Waals surface area contributed by atoms with Gasteiger partial charge < -0.3 is 20.1 Å². The number of carbonyl (C=O) groups is 2. The van der Waals surface area contributed by atoms with Crippen molar-refractivity contribution in [1.82, 2.24) is 0 Å². The van der Waals surface area contributed by atoms with Gasteiger partial charge in [-0.1, -0.05) is 12.1 Å². The third-order valence-corrected chi connectivity index (χ3v) is 5.61. The van der Waals surface area contributed by atoms with E-state index in [0.29, 0.717) is 38.2 Å². The highest BCUT2D eigenvalue weighted by Crippen LogP contribution is 2.34. The van der Waals surface area contributed by atoms with E-state index in [1.807, 2.05) is 0 Å². The van der Waals surface area contributed by atoms with Gasteiger partial charge in [0.1, 0.15) is 22.6 Å². The van der Waals surface area contributed by atoms with Crippen molar-refractivity contribution in [2.75, 3.05) is 24.9 Å². The summed E-state index contributed by atoms with van der Waals surface area (Å²) in [6.45, 7) is 1.68. The van der Waals surface area contributed by atoms with Gasteiger partial charge in [0.2, 0.25) is 0 Å². The first-order valence-electron chi connectivity index (χ1n) is 8.91. The van der Waals surface area contributed by atoms with E-state index in [9.17, 15) is 14.9 Å². The monoisotopic (exact) mass is 421 g/mol. The number of thiophene rings is 1. The second kappa shape index (κ2) is 9.11. The summed E-state index contributed by atoms with van der Waals surface area (Å²) >= 11 is 1.05. The number of amides is 2. The fourth-order valence-electron chi connectivity index (χ4n) is 2.80. The van der Waals surface area contributed by atoms with E-state index >= 15 is 0 Å². The maximum atomic E-state index is 12.8. The minimum atomic E-state index is -0.386. The van der Waals surface area contributed by atoms with Crippen molar-refractivity contribution in [1.29, 1.82) is 5.26 Å². The van der Waals surface area contributed by atoms with E-state index in [2.05, 4.69) is 16.7 Å². The van der Waals surface area contributed by atoms with Crippen LogP contribution in [0.2, 0.25) is 0 Å². The molecule has 0 aliphatic carbocycles. The van der Waals surface area contributed by atoms with Gasteiger partial charge in [0.05, 0.1) is 30.3 Å². The van der Waals surface area contributed by atoms with Crippen LogP contribution in [0.15, 0.2) is 48.5 Å². The lowest BCUT2D eigenvalue weighted by Gasteiger charge is -2.09. The first kappa shape index (κ1) is 20.9. The van der Waals surface area contributed by atoms with Crippen LogP contribution in [0.25, 0.3) is 0 Å². The molecule has 7 nitrogen and oxygen atoms in total. The number of rotatable bonds is 6. The van der Waals surface area contributed by atoms with E-state index < -0.39 is 0 Å². The van der Waals surface area contributed by atoms with Gasteiger partial charge in [-0.25, -0.2) is 0 Å². The topological polar surface area (TPSA) is 100 Å². The van der Waals surface area contributed by atoms with E-state index in [0.717, 1.165) is 11.3 Å². The number of nitriles is 1. The van der Waals surface area contributed by atoms with Gasteiger partial charge in [-0.2, -0.15) is 5.26 Å². The van der Waals surface area contributed by atoms with E-state index in [-0.39, 0.29) is 17.4 Å². The van der Waals surface area contributed by atoms with E-state index in [1.165, 1.54) is 7.11 Å². The highest BCUT2D eigenvalue weighted by atomic mass is 32.1. The third-order valence-electron chi connectivity index (χ3n) is 4.40. The molecule has 1 heterocycles. The second-order valence-corrected chi connectivity index (χ2v) is 7.23. The maximum absolute atomic E-state index is 12.8. The maximum Gasteiger partial charge on any atom is 0.266 e. The van der Waals surface area contributed by atoms with Crippen LogP contribution in [0.3, 0.4) is 0 Å². The lowest BCUT2D eigenvalue weighted by Crippen LogP contribution is -2.12. The van der Waals surface area contributed by atoms with Crippen molar-refractivity contribution in [3.63, 3.8) is 0 Å². The second-order valence-electron chi connectivity index (χ2n) is 6.21. The zero-order valence-electron chi connectivity index (χ0n) is 16.6. The molecule has 0 bridgehead atoms.